The van der Waals surface area contributed by atoms with Crippen LogP contribution in [-0.4, -0.2) is 24.0 Å². The third-order valence-corrected chi connectivity index (χ3v) is 5.52. The molecular formula is C28H23ClN2O4. The van der Waals surface area contributed by atoms with Crippen LogP contribution in [0.4, 0.5) is 0 Å². The van der Waals surface area contributed by atoms with Crippen LogP contribution < -0.4 is 10.1 Å². The van der Waals surface area contributed by atoms with E-state index in [1.807, 2.05) is 72.8 Å². The molecule has 176 valence electrons. The molecule has 0 bridgehead atoms. The molecule has 0 unspecified atom stereocenters. The van der Waals surface area contributed by atoms with Crippen LogP contribution in [0.1, 0.15) is 27.2 Å². The van der Waals surface area contributed by atoms with Crippen LogP contribution in [-0.2, 0) is 22.7 Å². The number of amides is 1. The minimum Gasteiger partial charge on any atom is -0.488 e. The van der Waals surface area contributed by atoms with E-state index in [4.69, 9.17) is 16.3 Å². The summed E-state index contributed by atoms with van der Waals surface area (Å²) < 4.78 is 10.6. The van der Waals surface area contributed by atoms with Crippen molar-refractivity contribution in [2.75, 3.05) is 7.11 Å². The zero-order valence-corrected chi connectivity index (χ0v) is 19.8. The smallest absolute Gasteiger partial charge is 0.330 e. The van der Waals surface area contributed by atoms with E-state index in [0.717, 1.165) is 22.1 Å². The van der Waals surface area contributed by atoms with Gasteiger partial charge in [-0.3, -0.25) is 4.79 Å². The van der Waals surface area contributed by atoms with Crippen LogP contribution in [0.5, 0.6) is 5.75 Å². The molecular weight excluding hydrogens is 464 g/mol. The molecule has 4 aromatic rings. The number of rotatable bonds is 8. The van der Waals surface area contributed by atoms with Crippen molar-refractivity contribution in [3.05, 3.63) is 112 Å². The van der Waals surface area contributed by atoms with Gasteiger partial charge in [-0.1, -0.05) is 60.1 Å². The summed E-state index contributed by atoms with van der Waals surface area (Å²) in [4.78, 5) is 28.6. The molecule has 6 nitrogen and oxygen atoms in total. The number of para-hydroxylation sites is 1. The summed E-state index contributed by atoms with van der Waals surface area (Å²) in [5.41, 5.74) is 3.67. The second-order valence-electron chi connectivity index (χ2n) is 7.72. The second kappa shape index (κ2) is 11.3. The Hall–Kier alpha value is -4.16. The van der Waals surface area contributed by atoms with Crippen molar-refractivity contribution < 1.29 is 19.1 Å². The van der Waals surface area contributed by atoms with E-state index < -0.39 is 5.97 Å². The van der Waals surface area contributed by atoms with Crippen LogP contribution in [0.3, 0.4) is 0 Å². The Bertz CT molecular complexity index is 1370. The molecule has 4 rings (SSSR count). The average Bonchev–Trinajstić information content (AvgIpc) is 2.90. The standard InChI is InChI=1S/C28H23ClN2O4/c1-34-27(32)15-12-19-6-8-20(9-7-19)17-30-28(33)25-16-26(23-4-2-3-5-24(23)31-25)35-18-21-10-13-22(29)14-11-21/h2-16H,17-18H2,1H3,(H,30,33)/b15-12+. The number of aromatic nitrogens is 1. The third-order valence-electron chi connectivity index (χ3n) is 5.26. The molecule has 1 aromatic heterocycles. The number of pyridine rings is 1. The Morgan fingerprint density at radius 2 is 1.69 bits per heavy atom. The second-order valence-corrected chi connectivity index (χ2v) is 8.16. The lowest BCUT2D eigenvalue weighted by atomic mass is 10.1. The number of hydrogen-bond donors (Lipinski definition) is 1. The maximum Gasteiger partial charge on any atom is 0.330 e. The summed E-state index contributed by atoms with van der Waals surface area (Å²) in [6.45, 7) is 0.665. The number of carbonyl (C=O) groups is 2. The Morgan fingerprint density at radius 3 is 2.43 bits per heavy atom. The zero-order valence-electron chi connectivity index (χ0n) is 19.0. The van der Waals surface area contributed by atoms with Crippen LogP contribution in [0.15, 0.2) is 84.9 Å². The van der Waals surface area contributed by atoms with Gasteiger partial charge in [0, 0.05) is 29.1 Å². The molecule has 0 aliphatic heterocycles. The Balaban J connectivity index is 1.46. The number of nitrogens with zero attached hydrogens (tertiary/aromatic N) is 1. The number of fused-ring (bicyclic) bond motifs is 1. The predicted octanol–water partition coefficient (Wildman–Crippen LogP) is 5.58. The van der Waals surface area contributed by atoms with Crippen molar-refractivity contribution in [3.8, 4) is 5.75 Å². The molecule has 0 saturated heterocycles. The summed E-state index contributed by atoms with van der Waals surface area (Å²) in [6, 6.07) is 24.1. The van der Waals surface area contributed by atoms with E-state index in [1.165, 1.54) is 13.2 Å². The molecule has 0 aliphatic carbocycles. The largest absolute Gasteiger partial charge is 0.488 e. The molecule has 3 aromatic carbocycles. The van der Waals surface area contributed by atoms with Gasteiger partial charge in [-0.05, 0) is 47.0 Å². The zero-order chi connectivity index (χ0) is 24.6. The molecule has 1 N–H and O–H groups in total. The van der Waals surface area contributed by atoms with Gasteiger partial charge in [0.15, 0.2) is 0 Å². The van der Waals surface area contributed by atoms with E-state index in [2.05, 4.69) is 15.0 Å². The summed E-state index contributed by atoms with van der Waals surface area (Å²) in [5, 5.41) is 4.39. The van der Waals surface area contributed by atoms with Crippen molar-refractivity contribution in [2.24, 2.45) is 0 Å². The summed E-state index contributed by atoms with van der Waals surface area (Å²) >= 11 is 5.96. The summed E-state index contributed by atoms with van der Waals surface area (Å²) in [6.07, 6.45) is 3.02. The highest BCUT2D eigenvalue weighted by Crippen LogP contribution is 2.26. The number of carbonyl (C=O) groups excluding carboxylic acids is 2. The van der Waals surface area contributed by atoms with Crippen molar-refractivity contribution in [3.63, 3.8) is 0 Å². The topological polar surface area (TPSA) is 77.5 Å². The monoisotopic (exact) mass is 486 g/mol. The number of benzene rings is 3. The van der Waals surface area contributed by atoms with Crippen molar-refractivity contribution in [2.45, 2.75) is 13.2 Å². The normalized spacial score (nSPS) is 10.9. The number of nitrogens with one attached hydrogen (secondary N) is 1. The number of ether oxygens (including phenoxy) is 2. The summed E-state index contributed by atoms with van der Waals surface area (Å²) in [5.74, 6) is -0.139. The molecule has 0 saturated carbocycles. The molecule has 0 spiro atoms. The van der Waals surface area contributed by atoms with Gasteiger partial charge in [0.1, 0.15) is 18.1 Å². The molecule has 0 radical (unpaired) electrons. The first-order valence-corrected chi connectivity index (χ1v) is 11.3. The van der Waals surface area contributed by atoms with E-state index in [9.17, 15) is 9.59 Å². The fourth-order valence-corrected chi connectivity index (χ4v) is 3.50. The van der Waals surface area contributed by atoms with Gasteiger partial charge >= 0.3 is 5.97 Å². The fraction of sp³-hybridized carbons (Fsp3) is 0.107. The number of esters is 1. The van der Waals surface area contributed by atoms with Gasteiger partial charge in [0.05, 0.1) is 12.6 Å². The van der Waals surface area contributed by atoms with Gasteiger partial charge in [0.2, 0.25) is 0 Å². The number of hydrogen-bond acceptors (Lipinski definition) is 5. The van der Waals surface area contributed by atoms with E-state index in [0.29, 0.717) is 29.4 Å². The van der Waals surface area contributed by atoms with Gasteiger partial charge in [-0.2, -0.15) is 0 Å². The Labute approximate surface area is 208 Å². The lowest BCUT2D eigenvalue weighted by Crippen LogP contribution is -2.24. The van der Waals surface area contributed by atoms with Crippen LogP contribution >= 0.6 is 11.6 Å². The van der Waals surface area contributed by atoms with E-state index in [-0.39, 0.29) is 11.6 Å². The maximum atomic E-state index is 12.9. The molecule has 0 aliphatic rings. The first kappa shape index (κ1) is 24.0. The quantitative estimate of drug-likeness (QED) is 0.260. The van der Waals surface area contributed by atoms with E-state index >= 15 is 0 Å². The fourth-order valence-electron chi connectivity index (χ4n) is 3.37. The third kappa shape index (κ3) is 6.46. The average molecular weight is 487 g/mol. The van der Waals surface area contributed by atoms with Crippen molar-refractivity contribution in [1.82, 2.24) is 10.3 Å². The Kier molecular flexibility index (Phi) is 7.75. The molecule has 1 heterocycles. The van der Waals surface area contributed by atoms with Crippen LogP contribution in [0.25, 0.3) is 17.0 Å². The predicted molar refractivity (Wildman–Crippen MR) is 136 cm³/mol. The molecule has 0 fully saturated rings. The van der Waals surface area contributed by atoms with Gasteiger partial charge in [0.25, 0.3) is 5.91 Å². The van der Waals surface area contributed by atoms with E-state index in [1.54, 1.807) is 12.1 Å². The minimum absolute atomic E-state index is 0.271. The number of methoxy groups -OCH3 is 1. The lowest BCUT2D eigenvalue weighted by Gasteiger charge is -2.12. The van der Waals surface area contributed by atoms with Crippen molar-refractivity contribution in [1.29, 1.82) is 0 Å². The maximum absolute atomic E-state index is 12.9. The van der Waals surface area contributed by atoms with Crippen LogP contribution in [0.2, 0.25) is 5.02 Å². The lowest BCUT2D eigenvalue weighted by molar-refractivity contribution is -0.134. The highest BCUT2D eigenvalue weighted by atomic mass is 35.5. The first-order valence-electron chi connectivity index (χ1n) is 10.9. The molecule has 0 atom stereocenters. The van der Waals surface area contributed by atoms with Gasteiger partial charge < -0.3 is 14.8 Å². The highest BCUT2D eigenvalue weighted by Gasteiger charge is 2.13. The number of halogens is 1. The summed E-state index contributed by atoms with van der Waals surface area (Å²) in [7, 11) is 1.33. The van der Waals surface area contributed by atoms with Gasteiger partial charge in [-0.25, -0.2) is 9.78 Å². The molecule has 1 amide bonds. The SMILES string of the molecule is COC(=O)/C=C/c1ccc(CNC(=O)c2cc(OCc3ccc(Cl)cc3)c3ccccc3n2)cc1. The van der Waals surface area contributed by atoms with Crippen LogP contribution in [0, 0.1) is 0 Å². The molecule has 35 heavy (non-hydrogen) atoms. The van der Waals surface area contributed by atoms with Gasteiger partial charge in [-0.15, -0.1) is 0 Å². The molecule has 7 heteroatoms. The first-order chi connectivity index (χ1) is 17.0. The Morgan fingerprint density at radius 1 is 0.971 bits per heavy atom. The minimum atomic E-state index is -0.416. The highest BCUT2D eigenvalue weighted by molar-refractivity contribution is 6.30. The van der Waals surface area contributed by atoms with Crippen molar-refractivity contribution >= 4 is 40.5 Å².